The van der Waals surface area contributed by atoms with Gasteiger partial charge in [0, 0.05) is 35.8 Å². The van der Waals surface area contributed by atoms with E-state index in [2.05, 4.69) is 27.5 Å². The minimum absolute atomic E-state index is 0.196. The van der Waals surface area contributed by atoms with E-state index < -0.39 is 0 Å². The Kier molecular flexibility index (Phi) is 7.85. The molecule has 38 heavy (non-hydrogen) atoms. The van der Waals surface area contributed by atoms with Crippen LogP contribution in [0.25, 0.3) is 22.2 Å². The summed E-state index contributed by atoms with van der Waals surface area (Å²) in [4.78, 5) is 26.0. The molecule has 5 rings (SSSR count). The quantitative estimate of drug-likeness (QED) is 0.319. The summed E-state index contributed by atoms with van der Waals surface area (Å²) in [5, 5.41) is 11.1. The first-order valence-electron chi connectivity index (χ1n) is 12.2. The van der Waals surface area contributed by atoms with Gasteiger partial charge in [0.15, 0.2) is 0 Å². The molecule has 3 heterocycles. The Morgan fingerprint density at radius 3 is 2.50 bits per heavy atom. The van der Waals surface area contributed by atoms with Crippen LogP contribution in [0, 0.1) is 0 Å². The standard InChI is InChI=1S/C26H28Cl2N6O4/c1-4-21(35)32-17-11-38-12-18(17)33-26-30-9-13-7-15(31-16(25(13)34-26)10-29-14-5-6-14)22-23(27)19(36-2)8-20(37-3)24(22)28/h4,7-9,14,17-18,29H,1,5-6,10-12H2,2-3H3,(H,32,35)(H,30,33,34)/t17-,18+/m0/s1. The first-order chi connectivity index (χ1) is 18.4. The minimum atomic E-state index is -0.261. The molecule has 1 aliphatic carbocycles. The molecule has 2 aromatic heterocycles. The van der Waals surface area contributed by atoms with Gasteiger partial charge in [0.2, 0.25) is 11.9 Å². The molecule has 0 unspecified atom stereocenters. The van der Waals surface area contributed by atoms with Gasteiger partial charge in [-0.1, -0.05) is 29.8 Å². The monoisotopic (exact) mass is 558 g/mol. The zero-order valence-corrected chi connectivity index (χ0v) is 22.5. The number of benzene rings is 1. The summed E-state index contributed by atoms with van der Waals surface area (Å²) in [6, 6.07) is 3.52. The van der Waals surface area contributed by atoms with Crippen molar-refractivity contribution in [3.8, 4) is 22.8 Å². The van der Waals surface area contributed by atoms with Crippen LogP contribution in [0.15, 0.2) is 31.0 Å². The van der Waals surface area contributed by atoms with E-state index in [0.29, 0.717) is 70.1 Å². The van der Waals surface area contributed by atoms with Gasteiger partial charge in [0.25, 0.3) is 0 Å². The van der Waals surface area contributed by atoms with Crippen LogP contribution < -0.4 is 25.4 Å². The summed E-state index contributed by atoms with van der Waals surface area (Å²) >= 11 is 13.4. The molecule has 1 aliphatic heterocycles. The number of amides is 1. The van der Waals surface area contributed by atoms with E-state index in [4.69, 9.17) is 47.4 Å². The number of carbonyl (C=O) groups excluding carboxylic acids is 1. The Morgan fingerprint density at radius 2 is 1.84 bits per heavy atom. The van der Waals surface area contributed by atoms with Gasteiger partial charge in [0.05, 0.1) is 66.5 Å². The lowest BCUT2D eigenvalue weighted by Gasteiger charge is -2.20. The summed E-state index contributed by atoms with van der Waals surface area (Å²) < 4.78 is 16.4. The van der Waals surface area contributed by atoms with Crippen LogP contribution in [0.3, 0.4) is 0 Å². The van der Waals surface area contributed by atoms with Gasteiger partial charge in [-0.25, -0.2) is 15.0 Å². The molecule has 1 saturated heterocycles. The summed E-state index contributed by atoms with van der Waals surface area (Å²) in [6.07, 6.45) is 5.22. The van der Waals surface area contributed by atoms with Crippen molar-refractivity contribution in [1.82, 2.24) is 25.6 Å². The number of methoxy groups -OCH3 is 2. The third-order valence-corrected chi connectivity index (χ3v) is 7.26. The molecular formula is C26H28Cl2N6O4. The zero-order valence-electron chi connectivity index (χ0n) is 21.0. The molecule has 2 fully saturated rings. The lowest BCUT2D eigenvalue weighted by Crippen LogP contribution is -2.45. The lowest BCUT2D eigenvalue weighted by molar-refractivity contribution is -0.117. The highest BCUT2D eigenvalue weighted by Crippen LogP contribution is 2.46. The molecule has 0 radical (unpaired) electrons. The molecule has 200 valence electrons. The first kappa shape index (κ1) is 26.4. The number of hydrogen-bond acceptors (Lipinski definition) is 9. The maximum atomic E-state index is 11.8. The van der Waals surface area contributed by atoms with E-state index in [1.165, 1.54) is 20.3 Å². The third-order valence-electron chi connectivity index (χ3n) is 6.51. The van der Waals surface area contributed by atoms with E-state index in [-0.39, 0.29) is 18.0 Å². The molecule has 0 bridgehead atoms. The fourth-order valence-corrected chi connectivity index (χ4v) is 5.01. The van der Waals surface area contributed by atoms with E-state index in [1.54, 1.807) is 12.3 Å². The van der Waals surface area contributed by atoms with Crippen LogP contribution in [0.2, 0.25) is 10.0 Å². The maximum Gasteiger partial charge on any atom is 0.243 e. The van der Waals surface area contributed by atoms with Crippen molar-refractivity contribution in [2.24, 2.45) is 0 Å². The topological polar surface area (TPSA) is 120 Å². The number of aromatic nitrogens is 3. The van der Waals surface area contributed by atoms with Gasteiger partial charge < -0.3 is 30.2 Å². The average Bonchev–Trinajstić information content (AvgIpc) is 3.66. The van der Waals surface area contributed by atoms with E-state index >= 15 is 0 Å². The fourth-order valence-electron chi connectivity index (χ4n) is 4.31. The van der Waals surface area contributed by atoms with E-state index in [0.717, 1.165) is 23.9 Å². The molecule has 3 aromatic rings. The number of nitrogens with one attached hydrogen (secondary N) is 3. The van der Waals surface area contributed by atoms with Crippen LogP contribution in [0.1, 0.15) is 18.5 Å². The highest BCUT2D eigenvalue weighted by atomic mass is 35.5. The highest BCUT2D eigenvalue weighted by molar-refractivity contribution is 6.41. The zero-order chi connectivity index (χ0) is 26.8. The molecular weight excluding hydrogens is 531 g/mol. The normalized spacial score (nSPS) is 18.8. The number of anilines is 1. The Labute approximate surface area is 230 Å². The molecule has 2 atom stereocenters. The second-order valence-corrected chi connectivity index (χ2v) is 9.89. The van der Waals surface area contributed by atoms with Crippen LogP contribution >= 0.6 is 23.2 Å². The van der Waals surface area contributed by atoms with Crippen molar-refractivity contribution >= 4 is 46.0 Å². The van der Waals surface area contributed by atoms with Gasteiger partial charge in [-0.3, -0.25) is 4.79 Å². The highest BCUT2D eigenvalue weighted by Gasteiger charge is 2.30. The van der Waals surface area contributed by atoms with Gasteiger partial charge in [-0.15, -0.1) is 0 Å². The SMILES string of the molecule is C=CC(=O)N[C@H]1COC[C@H]1Nc1ncc2cc(-c3c(Cl)c(OC)cc(OC)c3Cl)nc(CNC3CC3)c2n1. The van der Waals surface area contributed by atoms with Crippen molar-refractivity contribution in [2.45, 2.75) is 37.5 Å². The van der Waals surface area contributed by atoms with Crippen LogP contribution in [0.4, 0.5) is 5.95 Å². The molecule has 3 N–H and O–H groups in total. The molecule has 2 aliphatic rings. The lowest BCUT2D eigenvalue weighted by atomic mass is 10.1. The average molecular weight is 559 g/mol. The number of fused-ring (bicyclic) bond motifs is 1. The number of halogens is 2. The largest absolute Gasteiger partial charge is 0.495 e. The second kappa shape index (κ2) is 11.3. The Bertz CT molecular complexity index is 1360. The summed E-state index contributed by atoms with van der Waals surface area (Å²) in [5.41, 5.74) is 2.47. The van der Waals surface area contributed by atoms with Gasteiger partial charge >= 0.3 is 0 Å². The second-order valence-electron chi connectivity index (χ2n) is 9.13. The maximum absolute atomic E-state index is 11.8. The third kappa shape index (κ3) is 5.49. The first-order valence-corrected chi connectivity index (χ1v) is 12.9. The van der Waals surface area contributed by atoms with Crippen LogP contribution in [-0.2, 0) is 16.1 Å². The van der Waals surface area contributed by atoms with Crippen LogP contribution in [0.5, 0.6) is 11.5 Å². The molecule has 12 heteroatoms. The van der Waals surface area contributed by atoms with Gasteiger partial charge in [-0.2, -0.15) is 0 Å². The van der Waals surface area contributed by atoms with Crippen molar-refractivity contribution in [1.29, 1.82) is 0 Å². The molecule has 1 saturated carbocycles. The van der Waals surface area contributed by atoms with Crippen LogP contribution in [-0.4, -0.2) is 66.4 Å². The predicted octanol–water partition coefficient (Wildman–Crippen LogP) is 3.75. The fraction of sp³-hybridized carbons (Fsp3) is 0.385. The number of nitrogens with zero attached hydrogens (tertiary/aromatic N) is 3. The van der Waals surface area contributed by atoms with Gasteiger partial charge in [-0.05, 0) is 25.0 Å². The molecule has 0 spiro atoms. The Morgan fingerprint density at radius 1 is 1.13 bits per heavy atom. The molecule has 1 amide bonds. The van der Waals surface area contributed by atoms with E-state index in [1.807, 2.05) is 6.07 Å². The van der Waals surface area contributed by atoms with E-state index in [9.17, 15) is 4.79 Å². The number of rotatable bonds is 10. The number of ether oxygens (including phenoxy) is 3. The molecule has 10 nitrogen and oxygen atoms in total. The van der Waals surface area contributed by atoms with Gasteiger partial charge in [0.1, 0.15) is 11.5 Å². The summed E-state index contributed by atoms with van der Waals surface area (Å²) in [6.45, 7) is 4.81. The minimum Gasteiger partial charge on any atom is -0.495 e. The Hall–Kier alpha value is -3.18. The molecule has 1 aromatic carbocycles. The Balaban J connectivity index is 1.54. The number of carbonyl (C=O) groups is 1. The van der Waals surface area contributed by atoms with Crippen molar-refractivity contribution < 1.29 is 19.0 Å². The summed E-state index contributed by atoms with van der Waals surface area (Å²) in [5.74, 6) is 1.00. The number of pyridine rings is 1. The van der Waals surface area contributed by atoms with Crippen molar-refractivity contribution in [3.63, 3.8) is 0 Å². The smallest absolute Gasteiger partial charge is 0.243 e. The number of hydrogen-bond donors (Lipinski definition) is 3. The predicted molar refractivity (Wildman–Crippen MR) is 146 cm³/mol. The van der Waals surface area contributed by atoms with Crippen molar-refractivity contribution in [2.75, 3.05) is 32.8 Å². The van der Waals surface area contributed by atoms with Crippen molar-refractivity contribution in [3.05, 3.63) is 46.7 Å². The summed E-state index contributed by atoms with van der Waals surface area (Å²) in [7, 11) is 3.06.